The van der Waals surface area contributed by atoms with Gasteiger partial charge in [-0.15, -0.1) is 0 Å². The van der Waals surface area contributed by atoms with E-state index < -0.39 is 0 Å². The Bertz CT molecular complexity index is 690. The first-order chi connectivity index (χ1) is 9.74. The predicted molar refractivity (Wildman–Crippen MR) is 75.7 cm³/mol. The smallest absolute Gasteiger partial charge is 0.414 e. The first-order valence-corrected chi connectivity index (χ1v) is 6.96. The number of imidazole rings is 1. The number of amides is 1. The molecule has 6 nitrogen and oxygen atoms in total. The molecule has 104 valence electrons. The lowest BCUT2D eigenvalue weighted by molar-refractivity contribution is 0.140. The van der Waals surface area contributed by atoms with Gasteiger partial charge in [-0.2, -0.15) is 0 Å². The van der Waals surface area contributed by atoms with Crippen molar-refractivity contribution in [3.63, 3.8) is 0 Å². The third kappa shape index (κ3) is 1.71. The molecule has 0 unspecified atom stereocenters. The van der Waals surface area contributed by atoms with Crippen molar-refractivity contribution in [3.8, 4) is 0 Å². The molecule has 0 bridgehead atoms. The Morgan fingerprint density at radius 1 is 1.35 bits per heavy atom. The number of cyclic esters (lactones) is 1. The topological polar surface area (TPSA) is 73.4 Å². The number of nitrogen functional groups attached to an aromatic ring is 1. The third-order valence-electron chi connectivity index (χ3n) is 3.90. The number of fused-ring (bicyclic) bond motifs is 1. The monoisotopic (exact) mass is 272 g/mol. The molecule has 2 fully saturated rings. The summed E-state index contributed by atoms with van der Waals surface area (Å²) in [5.74, 6) is 0.556. The largest absolute Gasteiger partial charge is 0.449 e. The summed E-state index contributed by atoms with van der Waals surface area (Å²) in [5, 5.41) is 0. The first-order valence-electron chi connectivity index (χ1n) is 6.96. The normalized spacial score (nSPS) is 19.4. The highest BCUT2D eigenvalue weighted by molar-refractivity contribution is 5.92. The molecule has 1 amide bonds. The van der Waals surface area contributed by atoms with Crippen molar-refractivity contribution in [1.29, 1.82) is 0 Å². The van der Waals surface area contributed by atoms with E-state index in [1.54, 1.807) is 4.90 Å². The number of hydrogen-bond acceptors (Lipinski definition) is 4. The highest BCUT2D eigenvalue weighted by atomic mass is 16.6. The molecule has 1 aromatic heterocycles. The van der Waals surface area contributed by atoms with Crippen molar-refractivity contribution in [2.45, 2.75) is 25.3 Å². The number of benzene rings is 1. The van der Waals surface area contributed by atoms with E-state index in [1.807, 2.05) is 18.2 Å². The molecule has 1 aromatic carbocycles. The zero-order chi connectivity index (χ0) is 13.7. The van der Waals surface area contributed by atoms with Crippen LogP contribution >= 0.6 is 0 Å². The van der Waals surface area contributed by atoms with Gasteiger partial charge in [-0.05, 0) is 37.5 Å². The average Bonchev–Trinajstić information content (AvgIpc) is 3.21. The van der Waals surface area contributed by atoms with Crippen LogP contribution in [-0.4, -0.2) is 28.8 Å². The molecule has 1 saturated carbocycles. The lowest BCUT2D eigenvalue weighted by Crippen LogP contribution is -2.37. The Kier molecular flexibility index (Phi) is 2.39. The zero-order valence-electron chi connectivity index (χ0n) is 11.1. The van der Waals surface area contributed by atoms with Gasteiger partial charge >= 0.3 is 6.09 Å². The number of anilines is 2. The summed E-state index contributed by atoms with van der Waals surface area (Å²) in [7, 11) is 0. The Labute approximate surface area is 116 Å². The van der Waals surface area contributed by atoms with Crippen LogP contribution < -0.4 is 10.6 Å². The number of rotatable bonds is 2. The summed E-state index contributed by atoms with van der Waals surface area (Å²) in [6, 6.07) is 6.34. The number of ether oxygens (including phenoxy) is 1. The van der Waals surface area contributed by atoms with Crippen LogP contribution in [0.25, 0.3) is 11.0 Å². The summed E-state index contributed by atoms with van der Waals surface area (Å²) in [6.07, 6.45) is 2.89. The number of aromatic nitrogens is 2. The van der Waals surface area contributed by atoms with Gasteiger partial charge < -0.3 is 15.0 Å². The van der Waals surface area contributed by atoms with E-state index in [0.717, 1.165) is 36.0 Å². The number of nitrogens with zero attached hydrogens (tertiary/aromatic N) is 3. The molecule has 2 aliphatic rings. The number of carbonyl (C=O) groups excluding carboxylic acids is 1. The molecule has 0 atom stereocenters. The standard InChI is InChI=1S/C14H16N4O2/c15-13-16-11-8-10(17-6-1-7-20-14(17)19)4-5-12(11)18(13)9-2-3-9/h4-5,8-9H,1-3,6-7H2,(H2,15,16). The maximum Gasteiger partial charge on any atom is 0.414 e. The first kappa shape index (κ1) is 11.6. The van der Waals surface area contributed by atoms with Crippen molar-refractivity contribution < 1.29 is 9.53 Å². The molecule has 20 heavy (non-hydrogen) atoms. The second-order valence-electron chi connectivity index (χ2n) is 5.36. The SMILES string of the molecule is Nc1nc2cc(N3CCCOC3=O)ccc2n1C1CC1. The van der Waals surface area contributed by atoms with E-state index in [0.29, 0.717) is 25.1 Å². The summed E-state index contributed by atoms with van der Waals surface area (Å²) < 4.78 is 7.16. The highest BCUT2D eigenvalue weighted by Gasteiger charge is 2.28. The summed E-state index contributed by atoms with van der Waals surface area (Å²) in [5.41, 5.74) is 8.70. The van der Waals surface area contributed by atoms with Crippen LogP contribution in [0.15, 0.2) is 18.2 Å². The minimum Gasteiger partial charge on any atom is -0.449 e. The molecule has 1 aliphatic carbocycles. The molecular weight excluding hydrogens is 256 g/mol. The summed E-state index contributed by atoms with van der Waals surface area (Å²) in [6.45, 7) is 1.18. The van der Waals surface area contributed by atoms with E-state index in [4.69, 9.17) is 10.5 Å². The van der Waals surface area contributed by atoms with Crippen molar-refractivity contribution >= 4 is 28.8 Å². The van der Waals surface area contributed by atoms with Crippen molar-refractivity contribution in [1.82, 2.24) is 9.55 Å². The number of carbonyl (C=O) groups is 1. The fourth-order valence-corrected chi connectivity index (χ4v) is 2.78. The minimum absolute atomic E-state index is 0.287. The van der Waals surface area contributed by atoms with E-state index >= 15 is 0 Å². The van der Waals surface area contributed by atoms with Crippen LogP contribution in [0, 0.1) is 0 Å². The summed E-state index contributed by atoms with van der Waals surface area (Å²) >= 11 is 0. The fourth-order valence-electron chi connectivity index (χ4n) is 2.78. The van der Waals surface area contributed by atoms with Crippen molar-refractivity contribution in [3.05, 3.63) is 18.2 Å². The van der Waals surface area contributed by atoms with Crippen LogP contribution in [-0.2, 0) is 4.74 Å². The van der Waals surface area contributed by atoms with Gasteiger partial charge in [-0.25, -0.2) is 9.78 Å². The van der Waals surface area contributed by atoms with Gasteiger partial charge in [0.1, 0.15) is 0 Å². The van der Waals surface area contributed by atoms with Gasteiger partial charge in [0.15, 0.2) is 0 Å². The minimum atomic E-state index is -0.287. The Morgan fingerprint density at radius 2 is 2.20 bits per heavy atom. The lowest BCUT2D eigenvalue weighted by Gasteiger charge is -2.26. The van der Waals surface area contributed by atoms with Gasteiger partial charge in [0.2, 0.25) is 5.95 Å². The van der Waals surface area contributed by atoms with Crippen LogP contribution in [0.4, 0.5) is 16.4 Å². The highest BCUT2D eigenvalue weighted by Crippen LogP contribution is 2.40. The molecule has 4 rings (SSSR count). The molecule has 0 spiro atoms. The van der Waals surface area contributed by atoms with Gasteiger partial charge in [0.25, 0.3) is 0 Å². The number of hydrogen-bond donors (Lipinski definition) is 1. The van der Waals surface area contributed by atoms with E-state index in [-0.39, 0.29) is 6.09 Å². The predicted octanol–water partition coefficient (Wildman–Crippen LogP) is 2.30. The van der Waals surface area contributed by atoms with E-state index in [1.165, 1.54) is 0 Å². The zero-order valence-corrected chi connectivity index (χ0v) is 11.1. The van der Waals surface area contributed by atoms with Gasteiger partial charge in [-0.3, -0.25) is 4.90 Å². The Hall–Kier alpha value is -2.24. The van der Waals surface area contributed by atoms with Gasteiger partial charge in [0.05, 0.1) is 17.6 Å². The third-order valence-corrected chi connectivity index (χ3v) is 3.90. The molecule has 2 aromatic rings. The molecule has 2 heterocycles. The van der Waals surface area contributed by atoms with Crippen LogP contribution in [0.2, 0.25) is 0 Å². The van der Waals surface area contributed by atoms with Crippen molar-refractivity contribution in [2.24, 2.45) is 0 Å². The van der Waals surface area contributed by atoms with E-state index in [9.17, 15) is 4.79 Å². The second kappa shape index (κ2) is 4.13. The van der Waals surface area contributed by atoms with Crippen LogP contribution in [0.3, 0.4) is 0 Å². The maximum atomic E-state index is 11.8. The number of nitrogens with two attached hydrogens (primary N) is 1. The average molecular weight is 272 g/mol. The van der Waals surface area contributed by atoms with Crippen molar-refractivity contribution in [2.75, 3.05) is 23.8 Å². The van der Waals surface area contributed by atoms with Gasteiger partial charge in [-0.1, -0.05) is 0 Å². The molecule has 1 saturated heterocycles. The molecular formula is C14H16N4O2. The van der Waals surface area contributed by atoms with Crippen LogP contribution in [0.1, 0.15) is 25.3 Å². The molecule has 1 aliphatic heterocycles. The molecule has 2 N–H and O–H groups in total. The lowest BCUT2D eigenvalue weighted by atomic mass is 10.2. The molecule has 0 radical (unpaired) electrons. The molecule has 6 heteroatoms. The van der Waals surface area contributed by atoms with Gasteiger partial charge in [0, 0.05) is 18.3 Å². The van der Waals surface area contributed by atoms with E-state index in [2.05, 4.69) is 9.55 Å². The maximum absolute atomic E-state index is 11.8. The fraction of sp³-hybridized carbons (Fsp3) is 0.429. The summed E-state index contributed by atoms with van der Waals surface area (Å²) in [4.78, 5) is 17.8. The Balaban J connectivity index is 1.77. The Morgan fingerprint density at radius 3 is 2.95 bits per heavy atom. The quantitative estimate of drug-likeness (QED) is 0.910. The van der Waals surface area contributed by atoms with Crippen LogP contribution in [0.5, 0.6) is 0 Å². The second-order valence-corrected chi connectivity index (χ2v) is 5.36.